The molecule has 61 heavy (non-hydrogen) atoms. The summed E-state index contributed by atoms with van der Waals surface area (Å²) >= 11 is 0. The molecule has 0 aliphatic carbocycles. The molecule has 0 amide bonds. The van der Waals surface area contributed by atoms with Crippen LogP contribution in [0.2, 0.25) is 0 Å². The lowest BCUT2D eigenvalue weighted by molar-refractivity contribution is 0.0530. The molecule has 0 radical (unpaired) electrons. The zero-order chi connectivity index (χ0) is 43.2. The third kappa shape index (κ3) is 8.94. The van der Waals surface area contributed by atoms with Gasteiger partial charge in [-0.25, -0.2) is 19.2 Å². The van der Waals surface area contributed by atoms with Crippen LogP contribution < -0.4 is 19.3 Å². The zero-order valence-electron chi connectivity index (χ0n) is 33.2. The van der Waals surface area contributed by atoms with Crippen molar-refractivity contribution in [1.29, 1.82) is 0 Å². The number of carboxylic acid groups (broad SMARTS) is 4. The van der Waals surface area contributed by atoms with Crippen LogP contribution >= 0.6 is 0 Å². The van der Waals surface area contributed by atoms with Gasteiger partial charge in [-0.3, -0.25) is 0 Å². The van der Waals surface area contributed by atoms with E-state index in [0.29, 0.717) is 111 Å². The molecule has 1 saturated heterocycles. The minimum atomic E-state index is -1.39. The average Bonchev–Trinajstić information content (AvgIpc) is 3.87. The summed E-state index contributed by atoms with van der Waals surface area (Å²) in [6, 6.07) is 18.8. The van der Waals surface area contributed by atoms with Gasteiger partial charge in [0.15, 0.2) is 0 Å². The second-order valence-corrected chi connectivity index (χ2v) is 13.8. The van der Waals surface area contributed by atoms with Crippen LogP contribution in [0.15, 0.2) is 81.6 Å². The summed E-state index contributed by atoms with van der Waals surface area (Å²) in [6.07, 6.45) is 0. The molecule has 0 spiro atoms. The van der Waals surface area contributed by atoms with Crippen molar-refractivity contribution in [2.24, 2.45) is 0 Å². The van der Waals surface area contributed by atoms with Crippen molar-refractivity contribution in [3.63, 3.8) is 0 Å². The van der Waals surface area contributed by atoms with Gasteiger partial charge in [-0.1, -0.05) is 24.3 Å². The number of benzene rings is 4. The van der Waals surface area contributed by atoms with Gasteiger partial charge in [-0.2, -0.15) is 0 Å². The van der Waals surface area contributed by atoms with Gasteiger partial charge in [0.2, 0.25) is 0 Å². The molecule has 0 atom stereocenters. The Morgan fingerprint density at radius 3 is 1.23 bits per heavy atom. The van der Waals surface area contributed by atoms with Gasteiger partial charge >= 0.3 is 23.9 Å². The first-order chi connectivity index (χ1) is 29.5. The number of hydrogen-bond donors (Lipinski definition) is 4. The first kappa shape index (κ1) is 42.1. The van der Waals surface area contributed by atoms with E-state index in [-0.39, 0.29) is 44.9 Å². The fraction of sp³-hybridized carbons (Fsp3) is 0.273. The highest BCUT2D eigenvalue weighted by molar-refractivity contribution is 6.08. The molecule has 1 aliphatic rings. The van der Waals surface area contributed by atoms with Gasteiger partial charge in [0, 0.05) is 60.2 Å². The lowest BCUT2D eigenvalue weighted by Crippen LogP contribution is -2.33. The first-order valence-corrected chi connectivity index (χ1v) is 19.1. The number of rotatable bonds is 10. The number of furan rings is 2. The van der Waals surface area contributed by atoms with E-state index < -0.39 is 23.9 Å². The van der Waals surface area contributed by atoms with Gasteiger partial charge in [-0.05, 0) is 36.4 Å². The minimum absolute atomic E-state index is 0.125. The Balaban J connectivity index is 1.12. The molecule has 0 saturated carbocycles. The Morgan fingerprint density at radius 2 is 0.885 bits per heavy atom. The summed E-state index contributed by atoms with van der Waals surface area (Å²) in [5, 5.41) is 40.4. The quantitative estimate of drug-likeness (QED) is 0.112. The summed E-state index contributed by atoms with van der Waals surface area (Å²) in [5.74, 6) is -4.13. The van der Waals surface area contributed by atoms with Crippen LogP contribution in [-0.4, -0.2) is 124 Å². The minimum Gasteiger partial charge on any atom is -0.495 e. The number of fused-ring (bicyclic) bond motifs is 2. The van der Waals surface area contributed by atoms with E-state index in [1.54, 1.807) is 36.4 Å². The Bertz CT molecular complexity index is 2430. The zero-order valence-corrected chi connectivity index (χ0v) is 33.2. The van der Waals surface area contributed by atoms with E-state index in [4.69, 9.17) is 32.5 Å². The van der Waals surface area contributed by atoms with Crippen LogP contribution in [0.5, 0.6) is 11.5 Å². The third-order valence-corrected chi connectivity index (χ3v) is 10.3. The maximum absolute atomic E-state index is 12.2. The molecule has 1 aliphatic heterocycles. The molecule has 1 fully saturated rings. The SMILES string of the molecule is COc1cc2cc(-c3cccc(C(=O)O)c3C(=O)O)oc2cc1N1CCOCCOCCN(c2cc3oc(-c4cccc(C(=O)O)c4C(=O)O)cc3cc2OC)CCOCC1. The molecule has 4 aromatic carbocycles. The number of carboxylic acids is 4. The Hall–Kier alpha value is -7.08. The van der Waals surface area contributed by atoms with Gasteiger partial charge < -0.3 is 62.7 Å². The largest absolute Gasteiger partial charge is 0.495 e. The van der Waals surface area contributed by atoms with Crippen molar-refractivity contribution in [3.8, 4) is 34.1 Å². The topological polar surface area (TPSA) is 228 Å². The maximum Gasteiger partial charge on any atom is 0.337 e. The Labute approximate surface area is 347 Å². The van der Waals surface area contributed by atoms with E-state index >= 15 is 0 Å². The Morgan fingerprint density at radius 1 is 0.508 bits per heavy atom. The standard InChI is InChI=1S/C44H42N2O15/c1-55-37-21-25-19-35(27-5-3-7-29(41(47)48)39(27)43(51)52)60-33(25)23-31(37)45-9-13-57-14-10-46(12-16-59-18-17-58-15-11-45)32-24-34-26(22-38(32)56-2)20-36(61-34)28-6-4-8-30(42(49)50)40(28)44(53)54/h3-8,19-24H,9-18H2,1-2H3,(H,47,48)(H,49,50)(H,51,52)(H,53,54). The molecule has 2 aromatic heterocycles. The summed E-state index contributed by atoms with van der Waals surface area (Å²) in [6.45, 7) is 3.70. The van der Waals surface area contributed by atoms with Crippen molar-refractivity contribution >= 4 is 57.2 Å². The molecular weight excluding hydrogens is 796 g/mol. The molecule has 7 rings (SSSR count). The highest BCUT2D eigenvalue weighted by atomic mass is 16.5. The van der Waals surface area contributed by atoms with Crippen molar-refractivity contribution in [1.82, 2.24) is 0 Å². The van der Waals surface area contributed by atoms with E-state index in [1.807, 2.05) is 9.80 Å². The monoisotopic (exact) mass is 838 g/mol. The average molecular weight is 839 g/mol. The maximum atomic E-state index is 12.2. The van der Waals surface area contributed by atoms with Gasteiger partial charge in [0.05, 0.1) is 87.5 Å². The van der Waals surface area contributed by atoms with Crippen molar-refractivity contribution in [2.75, 3.05) is 89.8 Å². The molecule has 6 aromatic rings. The van der Waals surface area contributed by atoms with E-state index in [0.717, 1.165) is 0 Å². The van der Waals surface area contributed by atoms with Gasteiger partial charge in [0.1, 0.15) is 34.2 Å². The van der Waals surface area contributed by atoms with Gasteiger partial charge in [-0.15, -0.1) is 0 Å². The van der Waals surface area contributed by atoms with Crippen LogP contribution in [0, 0.1) is 0 Å². The van der Waals surface area contributed by atoms with Crippen LogP contribution in [-0.2, 0) is 14.2 Å². The summed E-state index contributed by atoms with van der Waals surface area (Å²) < 4.78 is 42.0. The highest BCUT2D eigenvalue weighted by Gasteiger charge is 2.26. The molecule has 17 heteroatoms. The van der Waals surface area contributed by atoms with E-state index in [2.05, 4.69) is 0 Å². The summed E-state index contributed by atoms with van der Waals surface area (Å²) in [4.78, 5) is 52.1. The molecule has 0 bridgehead atoms. The second-order valence-electron chi connectivity index (χ2n) is 13.8. The predicted molar refractivity (Wildman–Crippen MR) is 221 cm³/mol. The third-order valence-electron chi connectivity index (χ3n) is 10.3. The molecule has 3 heterocycles. The van der Waals surface area contributed by atoms with Gasteiger partial charge in [0.25, 0.3) is 0 Å². The normalized spacial score (nSPS) is 14.7. The predicted octanol–water partition coefficient (Wildman–Crippen LogP) is 6.70. The number of aromatic carboxylic acids is 4. The smallest absolute Gasteiger partial charge is 0.337 e. The lowest BCUT2D eigenvalue weighted by Gasteiger charge is -2.27. The summed E-state index contributed by atoms with van der Waals surface area (Å²) in [7, 11) is 3.08. The van der Waals surface area contributed by atoms with Crippen LogP contribution in [0.4, 0.5) is 11.4 Å². The molecule has 0 unspecified atom stereocenters. The van der Waals surface area contributed by atoms with Crippen molar-refractivity contribution < 1.29 is 72.1 Å². The molecular formula is C44H42N2O15. The number of methoxy groups -OCH3 is 2. The molecule has 17 nitrogen and oxygen atoms in total. The van der Waals surface area contributed by atoms with Crippen molar-refractivity contribution in [2.45, 2.75) is 0 Å². The fourth-order valence-corrected chi connectivity index (χ4v) is 7.36. The molecule has 318 valence electrons. The van der Waals surface area contributed by atoms with Crippen LogP contribution in [0.3, 0.4) is 0 Å². The fourth-order valence-electron chi connectivity index (χ4n) is 7.36. The second kappa shape index (κ2) is 18.5. The van der Waals surface area contributed by atoms with Crippen LogP contribution in [0.1, 0.15) is 41.4 Å². The number of anilines is 2. The number of ether oxygens (including phenoxy) is 5. The highest BCUT2D eigenvalue weighted by Crippen LogP contribution is 2.40. The Kier molecular flexibility index (Phi) is 12.7. The number of carbonyl (C=O) groups is 4. The summed E-state index contributed by atoms with van der Waals surface area (Å²) in [5.41, 5.74) is 0.972. The first-order valence-electron chi connectivity index (χ1n) is 19.1. The number of hydrogen-bond acceptors (Lipinski definition) is 13. The lowest BCUT2D eigenvalue weighted by atomic mass is 9.99. The number of nitrogens with zero attached hydrogens (tertiary/aromatic N) is 2. The van der Waals surface area contributed by atoms with Crippen molar-refractivity contribution in [3.05, 3.63) is 95.1 Å². The molecule has 4 N–H and O–H groups in total. The van der Waals surface area contributed by atoms with E-state index in [1.165, 1.54) is 50.6 Å². The van der Waals surface area contributed by atoms with Crippen LogP contribution in [0.25, 0.3) is 44.6 Å². The van der Waals surface area contributed by atoms with E-state index in [9.17, 15) is 39.6 Å².